The molecule has 1 heterocycles. The number of amides is 1. The zero-order valence-corrected chi connectivity index (χ0v) is 11.0. The van der Waals surface area contributed by atoms with Crippen LogP contribution in [0.25, 0.3) is 0 Å². The van der Waals surface area contributed by atoms with E-state index in [2.05, 4.69) is 10.3 Å². The van der Waals surface area contributed by atoms with Gasteiger partial charge in [0, 0.05) is 12.1 Å². The van der Waals surface area contributed by atoms with Crippen LogP contribution in [-0.4, -0.2) is 21.5 Å². The van der Waals surface area contributed by atoms with Crippen molar-refractivity contribution in [1.82, 2.24) is 14.9 Å². The number of halogens is 1. The molecule has 5 nitrogen and oxygen atoms in total. The molecule has 0 saturated heterocycles. The van der Waals surface area contributed by atoms with Crippen LogP contribution in [0.2, 0.25) is 5.15 Å². The minimum Gasteiger partial charge on any atom is -0.352 e. The van der Waals surface area contributed by atoms with E-state index in [1.54, 1.807) is 6.92 Å². The van der Waals surface area contributed by atoms with Crippen molar-refractivity contribution in [2.75, 3.05) is 0 Å². The van der Waals surface area contributed by atoms with E-state index in [0.29, 0.717) is 5.82 Å². The van der Waals surface area contributed by atoms with Gasteiger partial charge in [0.2, 0.25) is 5.91 Å². The number of hydrogen-bond donors (Lipinski definition) is 1. The molecule has 1 amide bonds. The van der Waals surface area contributed by atoms with E-state index in [1.807, 2.05) is 0 Å². The third kappa shape index (κ3) is 3.10. The quantitative estimate of drug-likeness (QED) is 0.841. The van der Waals surface area contributed by atoms with Crippen LogP contribution in [0.5, 0.6) is 0 Å². The second kappa shape index (κ2) is 5.52. The van der Waals surface area contributed by atoms with E-state index in [0.717, 1.165) is 25.7 Å². The van der Waals surface area contributed by atoms with Gasteiger partial charge in [-0.3, -0.25) is 14.2 Å². The molecule has 6 heteroatoms. The summed E-state index contributed by atoms with van der Waals surface area (Å²) in [4.78, 5) is 27.5. The van der Waals surface area contributed by atoms with Crippen LogP contribution in [0.1, 0.15) is 31.5 Å². The van der Waals surface area contributed by atoms with Gasteiger partial charge in [-0.05, 0) is 19.8 Å². The summed E-state index contributed by atoms with van der Waals surface area (Å²) in [7, 11) is 0. The average Bonchev–Trinajstić information content (AvgIpc) is 2.76. The van der Waals surface area contributed by atoms with E-state index < -0.39 is 0 Å². The number of hydrogen-bond acceptors (Lipinski definition) is 3. The molecule has 0 aliphatic heterocycles. The first-order valence-electron chi connectivity index (χ1n) is 6.09. The van der Waals surface area contributed by atoms with Gasteiger partial charge in [0.05, 0.1) is 0 Å². The van der Waals surface area contributed by atoms with E-state index in [9.17, 15) is 9.59 Å². The van der Waals surface area contributed by atoms with Crippen LogP contribution in [0.15, 0.2) is 10.9 Å². The third-order valence-electron chi connectivity index (χ3n) is 3.19. The fourth-order valence-electron chi connectivity index (χ4n) is 2.27. The molecule has 0 spiro atoms. The molecule has 0 unspecified atom stereocenters. The minimum absolute atomic E-state index is 0.00529. The molecule has 1 N–H and O–H groups in total. The Balaban J connectivity index is 2.04. The summed E-state index contributed by atoms with van der Waals surface area (Å²) in [6, 6.07) is 1.48. The van der Waals surface area contributed by atoms with Crippen LogP contribution in [0.4, 0.5) is 0 Å². The summed E-state index contributed by atoms with van der Waals surface area (Å²) in [6.45, 7) is 1.67. The molecule has 0 bridgehead atoms. The van der Waals surface area contributed by atoms with Gasteiger partial charge in [-0.15, -0.1) is 0 Å². The highest BCUT2D eigenvalue weighted by Crippen LogP contribution is 2.17. The number of nitrogens with zero attached hydrogens (tertiary/aromatic N) is 2. The maximum Gasteiger partial charge on any atom is 0.255 e. The lowest BCUT2D eigenvalue weighted by atomic mass is 10.2. The van der Waals surface area contributed by atoms with Crippen molar-refractivity contribution < 1.29 is 4.79 Å². The van der Waals surface area contributed by atoms with Crippen molar-refractivity contribution >= 4 is 17.5 Å². The van der Waals surface area contributed by atoms with Crippen LogP contribution < -0.4 is 10.9 Å². The van der Waals surface area contributed by atoms with Crippen molar-refractivity contribution in [1.29, 1.82) is 0 Å². The number of nitrogens with one attached hydrogen (secondary N) is 1. The maximum absolute atomic E-state index is 11.8. The highest BCUT2D eigenvalue weighted by molar-refractivity contribution is 6.29. The summed E-state index contributed by atoms with van der Waals surface area (Å²) >= 11 is 5.67. The lowest BCUT2D eigenvalue weighted by Crippen LogP contribution is -2.38. The Morgan fingerprint density at radius 1 is 1.56 bits per heavy atom. The first kappa shape index (κ1) is 13.1. The standard InChI is InChI=1S/C12H16ClN3O2/c1-8-14-10(13)6-12(18)16(8)7-11(17)15-9-4-2-3-5-9/h6,9H,2-5,7H2,1H3,(H,15,17). The largest absolute Gasteiger partial charge is 0.352 e. The number of aromatic nitrogens is 2. The molecule has 1 aliphatic carbocycles. The fourth-order valence-corrected chi connectivity index (χ4v) is 2.48. The SMILES string of the molecule is Cc1nc(Cl)cc(=O)n1CC(=O)NC1CCCC1. The Kier molecular flexibility index (Phi) is 4.01. The Labute approximate surface area is 110 Å². The lowest BCUT2D eigenvalue weighted by Gasteiger charge is -2.13. The van der Waals surface area contributed by atoms with Gasteiger partial charge in [0.25, 0.3) is 5.56 Å². The van der Waals surface area contributed by atoms with E-state index in [-0.39, 0.29) is 29.2 Å². The number of aryl methyl sites for hydroxylation is 1. The highest BCUT2D eigenvalue weighted by atomic mass is 35.5. The van der Waals surface area contributed by atoms with Gasteiger partial charge in [0.1, 0.15) is 17.5 Å². The first-order valence-corrected chi connectivity index (χ1v) is 6.47. The molecular formula is C12H16ClN3O2. The third-order valence-corrected chi connectivity index (χ3v) is 3.38. The van der Waals surface area contributed by atoms with Gasteiger partial charge >= 0.3 is 0 Å². The molecule has 1 aromatic heterocycles. The molecule has 1 fully saturated rings. The van der Waals surface area contributed by atoms with Crippen molar-refractivity contribution in [3.8, 4) is 0 Å². The van der Waals surface area contributed by atoms with E-state index in [1.165, 1.54) is 10.6 Å². The fraction of sp³-hybridized carbons (Fsp3) is 0.583. The molecule has 18 heavy (non-hydrogen) atoms. The van der Waals surface area contributed by atoms with Crippen LogP contribution in [-0.2, 0) is 11.3 Å². The summed E-state index contributed by atoms with van der Waals surface area (Å²) in [6.07, 6.45) is 4.37. The van der Waals surface area contributed by atoms with Gasteiger partial charge in [-0.2, -0.15) is 0 Å². The molecule has 0 radical (unpaired) electrons. The van der Waals surface area contributed by atoms with Gasteiger partial charge in [-0.25, -0.2) is 4.98 Å². The lowest BCUT2D eigenvalue weighted by molar-refractivity contribution is -0.122. The van der Waals surface area contributed by atoms with Gasteiger partial charge in [0.15, 0.2) is 0 Å². The Morgan fingerprint density at radius 3 is 2.83 bits per heavy atom. The van der Waals surface area contributed by atoms with Crippen LogP contribution in [0, 0.1) is 6.92 Å². The van der Waals surface area contributed by atoms with E-state index in [4.69, 9.17) is 11.6 Å². The molecule has 98 valence electrons. The predicted octanol–water partition coefficient (Wildman–Crippen LogP) is 1.26. The second-order valence-electron chi connectivity index (χ2n) is 4.60. The predicted molar refractivity (Wildman–Crippen MR) is 68.6 cm³/mol. The second-order valence-corrected chi connectivity index (χ2v) is 4.99. The monoisotopic (exact) mass is 269 g/mol. The number of carbonyl (C=O) groups is 1. The molecule has 1 saturated carbocycles. The molecule has 2 rings (SSSR count). The average molecular weight is 270 g/mol. The zero-order valence-electron chi connectivity index (χ0n) is 10.3. The Morgan fingerprint density at radius 2 is 2.22 bits per heavy atom. The zero-order chi connectivity index (χ0) is 13.1. The topological polar surface area (TPSA) is 64.0 Å². The highest BCUT2D eigenvalue weighted by Gasteiger charge is 2.17. The normalized spacial score (nSPS) is 15.9. The molecule has 0 aromatic carbocycles. The Bertz CT molecular complexity index is 507. The van der Waals surface area contributed by atoms with Crippen LogP contribution >= 0.6 is 11.6 Å². The minimum atomic E-state index is -0.297. The first-order chi connectivity index (χ1) is 8.56. The van der Waals surface area contributed by atoms with Crippen molar-refractivity contribution in [3.63, 3.8) is 0 Å². The summed E-state index contributed by atoms with van der Waals surface area (Å²) in [5, 5.41) is 3.09. The maximum atomic E-state index is 11.8. The Hall–Kier alpha value is -1.36. The molecular weight excluding hydrogens is 254 g/mol. The van der Waals surface area contributed by atoms with Gasteiger partial charge in [-0.1, -0.05) is 24.4 Å². The molecule has 0 atom stereocenters. The van der Waals surface area contributed by atoms with Crippen molar-refractivity contribution in [3.05, 3.63) is 27.4 Å². The van der Waals surface area contributed by atoms with Gasteiger partial charge < -0.3 is 5.32 Å². The molecule has 1 aliphatic rings. The van der Waals surface area contributed by atoms with Crippen LogP contribution in [0.3, 0.4) is 0 Å². The summed E-state index contributed by atoms with van der Waals surface area (Å²) in [5.41, 5.74) is -0.297. The summed E-state index contributed by atoms with van der Waals surface area (Å²) < 4.78 is 1.33. The number of rotatable bonds is 3. The van der Waals surface area contributed by atoms with Crippen molar-refractivity contribution in [2.24, 2.45) is 0 Å². The summed E-state index contributed by atoms with van der Waals surface area (Å²) in [5.74, 6) is 0.310. The smallest absolute Gasteiger partial charge is 0.255 e. The van der Waals surface area contributed by atoms with Crippen molar-refractivity contribution in [2.45, 2.75) is 45.2 Å². The number of carbonyl (C=O) groups excluding carboxylic acids is 1. The molecule has 1 aromatic rings. The van der Waals surface area contributed by atoms with E-state index >= 15 is 0 Å².